The number of benzene rings is 1. The van der Waals surface area contributed by atoms with Crippen LogP contribution in [0.3, 0.4) is 0 Å². The van der Waals surface area contributed by atoms with Crippen molar-refractivity contribution in [1.82, 2.24) is 4.98 Å². The summed E-state index contributed by atoms with van der Waals surface area (Å²) in [5, 5.41) is 0. The van der Waals surface area contributed by atoms with E-state index >= 15 is 0 Å². The molecule has 2 aromatic rings. The molecule has 0 fully saturated rings. The molecule has 0 saturated carbocycles. The van der Waals surface area contributed by atoms with Gasteiger partial charge in [-0.05, 0) is 37.5 Å². The lowest BCUT2D eigenvalue weighted by molar-refractivity contribution is 0.764. The summed E-state index contributed by atoms with van der Waals surface area (Å²) in [6.45, 7) is 3.10. The van der Waals surface area contributed by atoms with Crippen LogP contribution in [0.15, 0.2) is 36.7 Å². The van der Waals surface area contributed by atoms with Crippen LogP contribution in [-0.4, -0.2) is 16.5 Å². The van der Waals surface area contributed by atoms with E-state index < -0.39 is 0 Å². The lowest BCUT2D eigenvalue weighted by atomic mass is 9.98. The van der Waals surface area contributed by atoms with Crippen LogP contribution < -0.4 is 10.6 Å². The Morgan fingerprint density at radius 1 is 1.30 bits per heavy atom. The standard InChI is InChI=1S/C16H17N3S/c1-11-4-5-14-12(9-11)3-2-8-19(14)15-10-18-7-6-13(15)16(17)20/h4-7,9-10H,2-3,8H2,1H3,(H2,17,20). The number of pyridine rings is 1. The Bertz CT molecular complexity index is 667. The maximum absolute atomic E-state index is 5.84. The third-order valence-electron chi connectivity index (χ3n) is 3.71. The van der Waals surface area contributed by atoms with Crippen molar-refractivity contribution >= 4 is 28.6 Å². The molecule has 1 aliphatic rings. The fourth-order valence-electron chi connectivity index (χ4n) is 2.79. The lowest BCUT2D eigenvalue weighted by Crippen LogP contribution is -2.27. The number of anilines is 2. The highest BCUT2D eigenvalue weighted by molar-refractivity contribution is 7.80. The molecular weight excluding hydrogens is 266 g/mol. The van der Waals surface area contributed by atoms with Gasteiger partial charge in [0.25, 0.3) is 0 Å². The first-order valence-electron chi connectivity index (χ1n) is 6.77. The molecular formula is C16H17N3S. The monoisotopic (exact) mass is 283 g/mol. The third kappa shape index (κ3) is 2.27. The van der Waals surface area contributed by atoms with Crippen LogP contribution in [0.5, 0.6) is 0 Å². The first kappa shape index (κ1) is 13.1. The molecule has 0 aliphatic carbocycles. The van der Waals surface area contributed by atoms with Gasteiger partial charge in [0.1, 0.15) is 4.99 Å². The maximum Gasteiger partial charge on any atom is 0.106 e. The lowest BCUT2D eigenvalue weighted by Gasteiger charge is -2.32. The van der Waals surface area contributed by atoms with Crippen LogP contribution >= 0.6 is 12.2 Å². The fraction of sp³-hybridized carbons (Fsp3) is 0.250. The molecule has 20 heavy (non-hydrogen) atoms. The van der Waals surface area contributed by atoms with Gasteiger partial charge in [0.05, 0.1) is 11.9 Å². The highest BCUT2D eigenvalue weighted by Gasteiger charge is 2.21. The van der Waals surface area contributed by atoms with Gasteiger partial charge >= 0.3 is 0 Å². The summed E-state index contributed by atoms with van der Waals surface area (Å²) < 4.78 is 0. The van der Waals surface area contributed by atoms with E-state index in [1.165, 1.54) is 16.8 Å². The number of thiocarbonyl (C=S) groups is 1. The average Bonchev–Trinajstić information content (AvgIpc) is 2.46. The van der Waals surface area contributed by atoms with Gasteiger partial charge < -0.3 is 10.6 Å². The second-order valence-corrected chi connectivity index (χ2v) is 5.58. The number of fused-ring (bicyclic) bond motifs is 1. The molecule has 0 spiro atoms. The maximum atomic E-state index is 5.84. The summed E-state index contributed by atoms with van der Waals surface area (Å²) in [5.41, 5.74) is 11.7. The molecule has 1 aliphatic heterocycles. The van der Waals surface area contributed by atoms with Crippen molar-refractivity contribution < 1.29 is 0 Å². The topological polar surface area (TPSA) is 42.2 Å². The van der Waals surface area contributed by atoms with Crippen LogP contribution in [0.1, 0.15) is 23.1 Å². The average molecular weight is 283 g/mol. The molecule has 2 heterocycles. The summed E-state index contributed by atoms with van der Waals surface area (Å²) in [4.78, 5) is 6.93. The number of aryl methyl sites for hydroxylation is 2. The predicted octanol–water partition coefficient (Wildman–Crippen LogP) is 3.11. The molecule has 3 nitrogen and oxygen atoms in total. The Kier molecular flexibility index (Phi) is 3.40. The van der Waals surface area contributed by atoms with Gasteiger partial charge in [0, 0.05) is 24.0 Å². The van der Waals surface area contributed by atoms with Gasteiger partial charge in [0.15, 0.2) is 0 Å². The minimum Gasteiger partial charge on any atom is -0.389 e. The van der Waals surface area contributed by atoms with Crippen LogP contribution in [0, 0.1) is 6.92 Å². The highest BCUT2D eigenvalue weighted by Crippen LogP contribution is 2.35. The van der Waals surface area contributed by atoms with Crippen molar-refractivity contribution in [3.63, 3.8) is 0 Å². The molecule has 102 valence electrons. The summed E-state index contributed by atoms with van der Waals surface area (Å²) in [7, 11) is 0. The van der Waals surface area contributed by atoms with E-state index in [2.05, 4.69) is 35.0 Å². The normalized spacial score (nSPS) is 13.9. The van der Waals surface area contributed by atoms with Crippen LogP contribution in [0.2, 0.25) is 0 Å². The molecule has 0 atom stereocenters. The molecule has 0 saturated heterocycles. The third-order valence-corrected chi connectivity index (χ3v) is 3.93. The van der Waals surface area contributed by atoms with E-state index in [9.17, 15) is 0 Å². The molecule has 4 heteroatoms. The van der Waals surface area contributed by atoms with E-state index in [1.807, 2.05) is 12.3 Å². The molecule has 1 aromatic carbocycles. The number of rotatable bonds is 2. The van der Waals surface area contributed by atoms with Gasteiger partial charge in [-0.15, -0.1) is 0 Å². The minimum atomic E-state index is 0.418. The zero-order valence-corrected chi connectivity index (χ0v) is 12.3. The molecule has 1 aromatic heterocycles. The molecule has 0 bridgehead atoms. The summed E-state index contributed by atoms with van der Waals surface area (Å²) in [6.07, 6.45) is 5.83. The van der Waals surface area contributed by atoms with Gasteiger partial charge in [-0.2, -0.15) is 0 Å². The Balaban J connectivity index is 2.12. The van der Waals surface area contributed by atoms with Crippen LogP contribution in [-0.2, 0) is 6.42 Å². The first-order valence-corrected chi connectivity index (χ1v) is 7.18. The van der Waals surface area contributed by atoms with E-state index in [-0.39, 0.29) is 0 Å². The van der Waals surface area contributed by atoms with Gasteiger partial charge in [-0.25, -0.2) is 0 Å². The minimum absolute atomic E-state index is 0.418. The summed E-state index contributed by atoms with van der Waals surface area (Å²) in [6, 6.07) is 8.48. The Morgan fingerprint density at radius 2 is 2.15 bits per heavy atom. The van der Waals surface area contributed by atoms with Crippen molar-refractivity contribution in [2.75, 3.05) is 11.4 Å². The summed E-state index contributed by atoms with van der Waals surface area (Å²) >= 11 is 5.16. The van der Waals surface area contributed by atoms with E-state index in [4.69, 9.17) is 18.0 Å². The largest absolute Gasteiger partial charge is 0.389 e. The number of aromatic nitrogens is 1. The van der Waals surface area contributed by atoms with Crippen LogP contribution in [0.4, 0.5) is 11.4 Å². The highest BCUT2D eigenvalue weighted by atomic mass is 32.1. The second kappa shape index (κ2) is 5.21. The van der Waals surface area contributed by atoms with Crippen molar-refractivity contribution in [1.29, 1.82) is 0 Å². The smallest absolute Gasteiger partial charge is 0.106 e. The quantitative estimate of drug-likeness (QED) is 0.860. The predicted molar refractivity (Wildman–Crippen MR) is 86.6 cm³/mol. The SMILES string of the molecule is Cc1ccc2c(c1)CCCN2c1cnccc1C(N)=S. The fourth-order valence-corrected chi connectivity index (χ4v) is 2.96. The van der Waals surface area contributed by atoms with E-state index in [1.54, 1.807) is 6.20 Å². The Labute approximate surface area is 124 Å². The molecule has 2 N–H and O–H groups in total. The number of hydrogen-bond donors (Lipinski definition) is 1. The molecule has 0 amide bonds. The molecule has 0 unspecified atom stereocenters. The van der Waals surface area contributed by atoms with Gasteiger partial charge in [0.2, 0.25) is 0 Å². The van der Waals surface area contributed by atoms with Gasteiger partial charge in [-0.1, -0.05) is 29.9 Å². The van der Waals surface area contributed by atoms with Crippen molar-refractivity contribution in [3.05, 3.63) is 53.3 Å². The Hall–Kier alpha value is -1.94. The summed E-state index contributed by atoms with van der Waals surface area (Å²) in [5.74, 6) is 0. The first-order chi connectivity index (χ1) is 9.66. The second-order valence-electron chi connectivity index (χ2n) is 5.14. The van der Waals surface area contributed by atoms with Gasteiger partial charge in [-0.3, -0.25) is 4.98 Å². The zero-order chi connectivity index (χ0) is 14.1. The van der Waals surface area contributed by atoms with Crippen molar-refractivity contribution in [3.8, 4) is 0 Å². The van der Waals surface area contributed by atoms with Crippen molar-refractivity contribution in [2.24, 2.45) is 5.73 Å². The number of nitrogens with zero attached hydrogens (tertiary/aromatic N) is 2. The van der Waals surface area contributed by atoms with E-state index in [0.717, 1.165) is 30.6 Å². The Morgan fingerprint density at radius 3 is 2.95 bits per heavy atom. The van der Waals surface area contributed by atoms with Crippen molar-refractivity contribution in [2.45, 2.75) is 19.8 Å². The zero-order valence-electron chi connectivity index (χ0n) is 11.5. The number of nitrogens with two attached hydrogens (primary N) is 1. The molecule has 3 rings (SSSR count). The molecule has 0 radical (unpaired) electrons. The van der Waals surface area contributed by atoms with E-state index in [0.29, 0.717) is 4.99 Å². The number of hydrogen-bond acceptors (Lipinski definition) is 3. The van der Waals surface area contributed by atoms with Crippen LogP contribution in [0.25, 0.3) is 0 Å².